The number of para-hydroxylation sites is 1. The SMILES string of the molecule is COc1ccc([N+](=O)[O-])c2c1N[C@H](c1cccc(OC)c1OC)[C@@H]1CC=C[C@@H]21. The molecule has 7 nitrogen and oxygen atoms in total. The molecule has 0 fully saturated rings. The zero-order chi connectivity index (χ0) is 19.8. The smallest absolute Gasteiger partial charge is 0.275 e. The molecule has 1 aliphatic heterocycles. The van der Waals surface area contributed by atoms with E-state index in [2.05, 4.69) is 17.5 Å². The first-order valence-electron chi connectivity index (χ1n) is 9.10. The molecule has 0 radical (unpaired) electrons. The van der Waals surface area contributed by atoms with E-state index in [0.29, 0.717) is 28.5 Å². The normalized spacial score (nSPS) is 22.0. The van der Waals surface area contributed by atoms with Crippen LogP contribution in [0.5, 0.6) is 17.2 Å². The van der Waals surface area contributed by atoms with Crippen LogP contribution < -0.4 is 19.5 Å². The molecule has 0 aromatic heterocycles. The van der Waals surface area contributed by atoms with Gasteiger partial charge in [-0.2, -0.15) is 0 Å². The van der Waals surface area contributed by atoms with Gasteiger partial charge in [-0.25, -0.2) is 0 Å². The maximum atomic E-state index is 11.7. The number of nitrogens with zero attached hydrogens (tertiary/aromatic N) is 1. The van der Waals surface area contributed by atoms with E-state index in [9.17, 15) is 10.1 Å². The standard InChI is InChI=1S/C21H22N2O5/c1-26-16-11-10-15(23(24)25)18-12-6-4-7-13(12)19(22-20(16)18)14-8-5-9-17(27-2)21(14)28-3/h4-6,8-13,19,22H,7H2,1-3H3/t12-,13-,19+/m1/s1. The van der Waals surface area contributed by atoms with Crippen molar-refractivity contribution in [1.82, 2.24) is 0 Å². The van der Waals surface area contributed by atoms with Crippen molar-refractivity contribution in [3.63, 3.8) is 0 Å². The molecular weight excluding hydrogens is 360 g/mol. The summed E-state index contributed by atoms with van der Waals surface area (Å²) < 4.78 is 16.6. The average molecular weight is 382 g/mol. The molecule has 4 rings (SSSR count). The Morgan fingerprint density at radius 1 is 1.07 bits per heavy atom. The third-order valence-electron chi connectivity index (χ3n) is 5.64. The molecule has 1 aliphatic carbocycles. The molecule has 0 unspecified atom stereocenters. The van der Waals surface area contributed by atoms with Crippen LogP contribution in [-0.2, 0) is 0 Å². The summed E-state index contributed by atoms with van der Waals surface area (Å²) in [5, 5.41) is 15.2. The highest BCUT2D eigenvalue weighted by Gasteiger charge is 2.43. The Kier molecular flexibility index (Phi) is 4.58. The van der Waals surface area contributed by atoms with Crippen molar-refractivity contribution in [2.45, 2.75) is 18.4 Å². The predicted octanol–water partition coefficient (Wildman–Crippen LogP) is 4.45. The van der Waals surface area contributed by atoms with E-state index >= 15 is 0 Å². The van der Waals surface area contributed by atoms with Crippen molar-refractivity contribution in [1.29, 1.82) is 0 Å². The van der Waals surface area contributed by atoms with Gasteiger partial charge in [0.25, 0.3) is 5.69 Å². The van der Waals surface area contributed by atoms with E-state index in [1.165, 1.54) is 6.07 Å². The summed E-state index contributed by atoms with van der Waals surface area (Å²) >= 11 is 0. The Bertz CT molecular complexity index is 956. The number of nitrogens with one attached hydrogen (secondary N) is 1. The molecule has 2 aromatic rings. The maximum Gasteiger partial charge on any atom is 0.275 e. The van der Waals surface area contributed by atoms with Crippen LogP contribution in [0.25, 0.3) is 0 Å². The van der Waals surface area contributed by atoms with Gasteiger partial charge in [-0.3, -0.25) is 10.1 Å². The van der Waals surface area contributed by atoms with Gasteiger partial charge in [-0.05, 0) is 24.5 Å². The molecular formula is C21H22N2O5. The van der Waals surface area contributed by atoms with Crippen molar-refractivity contribution < 1.29 is 19.1 Å². The minimum absolute atomic E-state index is 0.0762. The van der Waals surface area contributed by atoms with E-state index < -0.39 is 0 Å². The molecule has 0 bridgehead atoms. The average Bonchev–Trinajstić information content (AvgIpc) is 3.21. The molecule has 0 amide bonds. The second-order valence-electron chi connectivity index (χ2n) is 6.89. The Balaban J connectivity index is 1.90. The third kappa shape index (κ3) is 2.66. The summed E-state index contributed by atoms with van der Waals surface area (Å²) in [6.45, 7) is 0. The Hall–Kier alpha value is -3.22. The lowest BCUT2D eigenvalue weighted by Gasteiger charge is -2.38. The molecule has 0 saturated heterocycles. The molecule has 146 valence electrons. The van der Waals surface area contributed by atoms with Crippen molar-refractivity contribution in [3.05, 3.63) is 63.7 Å². The van der Waals surface area contributed by atoms with Gasteiger partial charge in [0.15, 0.2) is 11.5 Å². The number of nitro groups is 1. The Labute approximate surface area is 163 Å². The van der Waals surface area contributed by atoms with Gasteiger partial charge in [-0.1, -0.05) is 24.3 Å². The van der Waals surface area contributed by atoms with Gasteiger partial charge in [0, 0.05) is 17.5 Å². The van der Waals surface area contributed by atoms with Gasteiger partial charge in [0.2, 0.25) is 0 Å². The number of allylic oxidation sites excluding steroid dienone is 2. The van der Waals surface area contributed by atoms with Crippen LogP contribution in [0.3, 0.4) is 0 Å². The second kappa shape index (κ2) is 7.07. The van der Waals surface area contributed by atoms with Crippen LogP contribution in [0.15, 0.2) is 42.5 Å². The van der Waals surface area contributed by atoms with Crippen LogP contribution in [0.2, 0.25) is 0 Å². The molecule has 28 heavy (non-hydrogen) atoms. The van der Waals surface area contributed by atoms with Crippen LogP contribution in [0.4, 0.5) is 11.4 Å². The summed E-state index contributed by atoms with van der Waals surface area (Å²) in [7, 11) is 4.80. The van der Waals surface area contributed by atoms with Crippen molar-refractivity contribution in [3.8, 4) is 17.2 Å². The summed E-state index contributed by atoms with van der Waals surface area (Å²) in [5.41, 5.74) is 2.42. The van der Waals surface area contributed by atoms with Crippen molar-refractivity contribution in [2.75, 3.05) is 26.6 Å². The van der Waals surface area contributed by atoms with Gasteiger partial charge in [-0.15, -0.1) is 0 Å². The lowest BCUT2D eigenvalue weighted by Crippen LogP contribution is -2.30. The number of methoxy groups -OCH3 is 3. The highest BCUT2D eigenvalue weighted by Crippen LogP contribution is 2.56. The highest BCUT2D eigenvalue weighted by atomic mass is 16.6. The molecule has 1 heterocycles. The second-order valence-corrected chi connectivity index (χ2v) is 6.89. The largest absolute Gasteiger partial charge is 0.495 e. The van der Waals surface area contributed by atoms with E-state index in [1.54, 1.807) is 27.4 Å². The number of hydrogen-bond acceptors (Lipinski definition) is 6. The van der Waals surface area contributed by atoms with Gasteiger partial charge in [0.05, 0.1) is 43.5 Å². The highest BCUT2D eigenvalue weighted by molar-refractivity contribution is 5.74. The Morgan fingerprint density at radius 3 is 2.54 bits per heavy atom. The molecule has 3 atom stereocenters. The monoisotopic (exact) mass is 382 g/mol. The van der Waals surface area contributed by atoms with Gasteiger partial charge in [0.1, 0.15) is 5.75 Å². The first kappa shape index (κ1) is 18.2. The summed E-state index contributed by atoms with van der Waals surface area (Å²) in [5.74, 6) is 1.96. The molecule has 0 saturated carbocycles. The first-order valence-corrected chi connectivity index (χ1v) is 9.10. The number of ether oxygens (including phenoxy) is 3. The number of benzene rings is 2. The summed E-state index contributed by atoms with van der Waals surface area (Å²) in [6, 6.07) is 8.85. The van der Waals surface area contributed by atoms with E-state index in [4.69, 9.17) is 14.2 Å². The zero-order valence-electron chi connectivity index (χ0n) is 16.0. The van der Waals surface area contributed by atoms with E-state index in [1.807, 2.05) is 18.2 Å². The minimum atomic E-state index is -0.324. The fraction of sp³-hybridized carbons (Fsp3) is 0.333. The lowest BCUT2D eigenvalue weighted by molar-refractivity contribution is -0.385. The quantitative estimate of drug-likeness (QED) is 0.467. The summed E-state index contributed by atoms with van der Waals surface area (Å²) in [6.07, 6.45) is 4.97. The lowest BCUT2D eigenvalue weighted by atomic mass is 9.76. The van der Waals surface area contributed by atoms with Crippen LogP contribution in [0, 0.1) is 16.0 Å². The van der Waals surface area contributed by atoms with Crippen LogP contribution in [0.1, 0.15) is 29.5 Å². The maximum absolute atomic E-state index is 11.7. The number of hydrogen-bond donors (Lipinski definition) is 1. The van der Waals surface area contributed by atoms with Crippen molar-refractivity contribution in [2.24, 2.45) is 5.92 Å². The van der Waals surface area contributed by atoms with Gasteiger partial charge >= 0.3 is 0 Å². The molecule has 2 aliphatic rings. The fourth-order valence-corrected chi connectivity index (χ4v) is 4.46. The predicted molar refractivity (Wildman–Crippen MR) is 106 cm³/mol. The van der Waals surface area contributed by atoms with Crippen LogP contribution in [-0.4, -0.2) is 26.3 Å². The number of rotatable bonds is 5. The number of nitro benzene ring substituents is 1. The Morgan fingerprint density at radius 2 is 1.86 bits per heavy atom. The first-order chi connectivity index (χ1) is 13.6. The minimum Gasteiger partial charge on any atom is -0.495 e. The number of fused-ring (bicyclic) bond motifs is 3. The number of anilines is 1. The fourth-order valence-electron chi connectivity index (χ4n) is 4.46. The van der Waals surface area contributed by atoms with E-state index in [0.717, 1.165) is 12.0 Å². The molecule has 1 N–H and O–H groups in total. The zero-order valence-corrected chi connectivity index (χ0v) is 16.0. The summed E-state index contributed by atoms with van der Waals surface area (Å²) in [4.78, 5) is 11.3. The van der Waals surface area contributed by atoms with E-state index in [-0.39, 0.29) is 28.5 Å². The molecule has 7 heteroatoms. The molecule has 0 spiro atoms. The van der Waals surface area contributed by atoms with Crippen LogP contribution >= 0.6 is 0 Å². The topological polar surface area (TPSA) is 82.9 Å². The third-order valence-corrected chi connectivity index (χ3v) is 5.64. The van der Waals surface area contributed by atoms with Gasteiger partial charge < -0.3 is 19.5 Å². The molecule has 2 aromatic carbocycles. The van der Waals surface area contributed by atoms with Crippen molar-refractivity contribution >= 4 is 11.4 Å².